The van der Waals surface area contributed by atoms with E-state index >= 15 is 0 Å². The Hall–Kier alpha value is -0.600. The summed E-state index contributed by atoms with van der Waals surface area (Å²) in [5, 5.41) is 0.890. The molecule has 0 saturated heterocycles. The van der Waals surface area contributed by atoms with Crippen molar-refractivity contribution in [2.75, 3.05) is 0 Å². The van der Waals surface area contributed by atoms with Crippen molar-refractivity contribution in [3.05, 3.63) is 58.6 Å². The minimum atomic E-state index is 0.890. The smallest absolute Gasteiger partial charge is 0.0283 e. The van der Waals surface area contributed by atoms with Crippen LogP contribution in [0.15, 0.2) is 53.0 Å². The predicted octanol–water partition coefficient (Wildman–Crippen LogP) is 5.01. The second-order valence-electron chi connectivity index (χ2n) is 3.31. The van der Waals surface area contributed by atoms with Gasteiger partial charge in [0.2, 0.25) is 0 Å². The second kappa shape index (κ2) is 4.95. The van der Waals surface area contributed by atoms with Crippen LogP contribution in [0, 0.1) is 0 Å². The number of alkyl halides is 1. The zero-order valence-corrected chi connectivity index (χ0v) is 11.3. The molecule has 0 aromatic heterocycles. The standard InChI is InChI=1S/C13H10Br2/c14-9-10-6-7-12(13(15)8-10)11-4-2-1-3-5-11/h1-8H,9H2. The van der Waals surface area contributed by atoms with Gasteiger partial charge in [-0.05, 0) is 22.8 Å². The Morgan fingerprint density at radius 3 is 2.27 bits per heavy atom. The van der Waals surface area contributed by atoms with Crippen LogP contribution in [0.4, 0.5) is 0 Å². The van der Waals surface area contributed by atoms with E-state index in [9.17, 15) is 0 Å². The average molecular weight is 326 g/mol. The second-order valence-corrected chi connectivity index (χ2v) is 4.73. The number of hydrogen-bond acceptors (Lipinski definition) is 0. The molecule has 0 radical (unpaired) electrons. The van der Waals surface area contributed by atoms with Crippen LogP contribution in [0.25, 0.3) is 11.1 Å². The van der Waals surface area contributed by atoms with E-state index < -0.39 is 0 Å². The van der Waals surface area contributed by atoms with E-state index in [1.807, 2.05) is 6.07 Å². The van der Waals surface area contributed by atoms with E-state index in [2.05, 4.69) is 74.3 Å². The van der Waals surface area contributed by atoms with Crippen molar-refractivity contribution in [1.29, 1.82) is 0 Å². The SMILES string of the molecule is BrCc1ccc(-c2ccccc2)c(Br)c1. The molecule has 0 nitrogen and oxygen atoms in total. The lowest BCUT2D eigenvalue weighted by molar-refractivity contribution is 1.42. The normalized spacial score (nSPS) is 10.3. The van der Waals surface area contributed by atoms with Crippen LogP contribution in [0.2, 0.25) is 0 Å². The van der Waals surface area contributed by atoms with Gasteiger partial charge >= 0.3 is 0 Å². The van der Waals surface area contributed by atoms with Crippen LogP contribution in [0.1, 0.15) is 5.56 Å². The van der Waals surface area contributed by atoms with E-state index in [4.69, 9.17) is 0 Å². The van der Waals surface area contributed by atoms with Crippen molar-refractivity contribution in [2.45, 2.75) is 5.33 Å². The molecule has 0 amide bonds. The highest BCUT2D eigenvalue weighted by Crippen LogP contribution is 2.29. The molecule has 0 bridgehead atoms. The van der Waals surface area contributed by atoms with Gasteiger partial charge in [-0.1, -0.05) is 74.3 Å². The zero-order valence-electron chi connectivity index (χ0n) is 8.08. The van der Waals surface area contributed by atoms with Crippen molar-refractivity contribution in [3.63, 3.8) is 0 Å². The van der Waals surface area contributed by atoms with Gasteiger partial charge in [-0.3, -0.25) is 0 Å². The Labute approximate surface area is 107 Å². The Morgan fingerprint density at radius 1 is 0.933 bits per heavy atom. The summed E-state index contributed by atoms with van der Waals surface area (Å²) in [6.07, 6.45) is 0. The highest BCUT2D eigenvalue weighted by Gasteiger charge is 2.02. The van der Waals surface area contributed by atoms with Gasteiger partial charge in [0.25, 0.3) is 0 Å². The van der Waals surface area contributed by atoms with Gasteiger partial charge in [-0.15, -0.1) is 0 Å². The largest absolute Gasteiger partial charge is 0.0876 e. The molecule has 0 N–H and O–H groups in total. The Kier molecular flexibility index (Phi) is 3.60. The summed E-state index contributed by atoms with van der Waals surface area (Å²) >= 11 is 7.06. The lowest BCUT2D eigenvalue weighted by atomic mass is 10.0. The first-order chi connectivity index (χ1) is 7.31. The van der Waals surface area contributed by atoms with Crippen LogP contribution in [0.3, 0.4) is 0 Å². The maximum Gasteiger partial charge on any atom is 0.0283 e. The first-order valence-electron chi connectivity index (χ1n) is 4.71. The number of halogens is 2. The number of benzene rings is 2. The molecule has 2 aromatic carbocycles. The Morgan fingerprint density at radius 2 is 1.67 bits per heavy atom. The average Bonchev–Trinajstić information content (AvgIpc) is 2.30. The molecule has 0 aliphatic carbocycles. The van der Waals surface area contributed by atoms with Crippen LogP contribution < -0.4 is 0 Å². The Bertz CT molecular complexity index is 449. The fourth-order valence-electron chi connectivity index (χ4n) is 1.49. The molecule has 0 heterocycles. The van der Waals surface area contributed by atoms with Crippen molar-refractivity contribution in [3.8, 4) is 11.1 Å². The molecule has 0 fully saturated rings. The van der Waals surface area contributed by atoms with Gasteiger partial charge in [-0.2, -0.15) is 0 Å². The zero-order chi connectivity index (χ0) is 10.7. The Balaban J connectivity index is 2.46. The van der Waals surface area contributed by atoms with Crippen LogP contribution in [-0.4, -0.2) is 0 Å². The minimum Gasteiger partial charge on any atom is -0.0876 e. The molecule has 76 valence electrons. The van der Waals surface area contributed by atoms with E-state index in [0.29, 0.717) is 0 Å². The van der Waals surface area contributed by atoms with Gasteiger partial charge in [-0.25, -0.2) is 0 Å². The molecule has 0 saturated carbocycles. The monoisotopic (exact) mass is 324 g/mol. The first kappa shape index (κ1) is 10.9. The molecule has 0 aliphatic heterocycles. The van der Waals surface area contributed by atoms with Gasteiger partial charge < -0.3 is 0 Å². The van der Waals surface area contributed by atoms with Crippen LogP contribution in [0.5, 0.6) is 0 Å². The summed E-state index contributed by atoms with van der Waals surface area (Å²) in [7, 11) is 0. The number of hydrogen-bond donors (Lipinski definition) is 0. The van der Waals surface area contributed by atoms with Crippen molar-refractivity contribution in [2.24, 2.45) is 0 Å². The van der Waals surface area contributed by atoms with E-state index in [0.717, 1.165) is 9.80 Å². The summed E-state index contributed by atoms with van der Waals surface area (Å²) in [6.45, 7) is 0. The van der Waals surface area contributed by atoms with E-state index in [1.54, 1.807) is 0 Å². The van der Waals surface area contributed by atoms with E-state index in [1.165, 1.54) is 16.7 Å². The summed E-state index contributed by atoms with van der Waals surface area (Å²) in [5.74, 6) is 0. The summed E-state index contributed by atoms with van der Waals surface area (Å²) < 4.78 is 1.14. The quantitative estimate of drug-likeness (QED) is 0.681. The van der Waals surface area contributed by atoms with Gasteiger partial charge in [0, 0.05) is 9.80 Å². The molecule has 2 rings (SSSR count). The molecule has 2 aromatic rings. The third kappa shape index (κ3) is 2.50. The fraction of sp³-hybridized carbons (Fsp3) is 0.0769. The topological polar surface area (TPSA) is 0 Å². The van der Waals surface area contributed by atoms with Crippen molar-refractivity contribution in [1.82, 2.24) is 0 Å². The van der Waals surface area contributed by atoms with Crippen molar-refractivity contribution >= 4 is 31.9 Å². The number of rotatable bonds is 2. The van der Waals surface area contributed by atoms with Crippen LogP contribution in [-0.2, 0) is 5.33 Å². The van der Waals surface area contributed by atoms with Gasteiger partial charge in [0.15, 0.2) is 0 Å². The third-order valence-corrected chi connectivity index (χ3v) is 3.58. The highest BCUT2D eigenvalue weighted by molar-refractivity contribution is 9.10. The van der Waals surface area contributed by atoms with E-state index in [-0.39, 0.29) is 0 Å². The van der Waals surface area contributed by atoms with Gasteiger partial charge in [0.05, 0.1) is 0 Å². The minimum absolute atomic E-state index is 0.890. The fourth-order valence-corrected chi connectivity index (χ4v) is 2.50. The molecule has 0 unspecified atom stereocenters. The summed E-state index contributed by atoms with van der Waals surface area (Å²) in [6, 6.07) is 16.8. The maximum absolute atomic E-state index is 3.60. The molecule has 2 heteroatoms. The lowest BCUT2D eigenvalue weighted by Gasteiger charge is -2.06. The maximum atomic E-state index is 3.60. The predicted molar refractivity (Wildman–Crippen MR) is 72.2 cm³/mol. The first-order valence-corrected chi connectivity index (χ1v) is 6.62. The van der Waals surface area contributed by atoms with Crippen molar-refractivity contribution < 1.29 is 0 Å². The summed E-state index contributed by atoms with van der Waals surface area (Å²) in [4.78, 5) is 0. The molecule has 0 atom stereocenters. The molecular formula is C13H10Br2. The molecular weight excluding hydrogens is 316 g/mol. The van der Waals surface area contributed by atoms with Crippen LogP contribution >= 0.6 is 31.9 Å². The molecule has 15 heavy (non-hydrogen) atoms. The highest BCUT2D eigenvalue weighted by atomic mass is 79.9. The lowest BCUT2D eigenvalue weighted by Crippen LogP contribution is -1.82. The third-order valence-electron chi connectivity index (χ3n) is 2.27. The van der Waals surface area contributed by atoms with Gasteiger partial charge in [0.1, 0.15) is 0 Å². The molecule has 0 aliphatic rings. The molecule has 0 spiro atoms. The summed E-state index contributed by atoms with van der Waals surface area (Å²) in [5.41, 5.74) is 3.76.